The summed E-state index contributed by atoms with van der Waals surface area (Å²) in [4.78, 5) is 26.8. The minimum absolute atomic E-state index is 0.129. The molecule has 0 aromatic heterocycles. The van der Waals surface area contributed by atoms with Crippen LogP contribution in [0.5, 0.6) is 0 Å². The zero-order valence-electron chi connectivity index (χ0n) is 21.2. The zero-order chi connectivity index (χ0) is 29.2. The molecule has 1 saturated heterocycles. The fourth-order valence-electron chi connectivity index (χ4n) is 4.88. The molecular weight excluding hydrogens is 558 g/mol. The number of aliphatic carboxylic acids is 1. The van der Waals surface area contributed by atoms with E-state index < -0.39 is 57.3 Å². The van der Waals surface area contributed by atoms with Gasteiger partial charge in [0.15, 0.2) is 0 Å². The fraction of sp³-hybridized carbons (Fsp3) is 0.357. The molecule has 214 valence electrons. The second-order valence-electron chi connectivity index (χ2n) is 9.55. The first kappa shape index (κ1) is 29.6. The molecule has 2 aromatic carbocycles. The predicted molar refractivity (Wildman–Crippen MR) is 139 cm³/mol. The van der Waals surface area contributed by atoms with Gasteiger partial charge in [-0.05, 0) is 49.1 Å². The number of carbonyl (C=O) groups is 2. The van der Waals surface area contributed by atoms with E-state index in [9.17, 15) is 41.0 Å². The third-order valence-electron chi connectivity index (χ3n) is 6.92. The maximum atomic E-state index is 14.3. The molecule has 2 aromatic rings. The largest absolute Gasteiger partial charge is 0.481 e. The summed E-state index contributed by atoms with van der Waals surface area (Å²) in [6.07, 6.45) is -6.06. The first-order chi connectivity index (χ1) is 18.8. The summed E-state index contributed by atoms with van der Waals surface area (Å²) >= 11 is 0.537. The summed E-state index contributed by atoms with van der Waals surface area (Å²) < 4.78 is 85.8. The minimum Gasteiger partial charge on any atom is -0.481 e. The van der Waals surface area contributed by atoms with Gasteiger partial charge in [0.1, 0.15) is 0 Å². The molecule has 12 heteroatoms. The number of nitrogens with zero attached hydrogens (tertiary/aromatic N) is 2. The van der Waals surface area contributed by atoms with E-state index in [0.29, 0.717) is 49.8 Å². The van der Waals surface area contributed by atoms with Gasteiger partial charge in [-0.2, -0.15) is 26.3 Å². The van der Waals surface area contributed by atoms with Gasteiger partial charge in [-0.3, -0.25) is 9.59 Å². The number of halogens is 6. The van der Waals surface area contributed by atoms with Gasteiger partial charge in [0.2, 0.25) is 0 Å². The Morgan fingerprint density at radius 2 is 1.60 bits per heavy atom. The van der Waals surface area contributed by atoms with Crippen LogP contribution < -0.4 is 4.90 Å². The average molecular weight is 585 g/mol. The third-order valence-corrected chi connectivity index (χ3v) is 7.97. The number of carboxylic acid groups (broad SMARTS) is 1. The first-order valence-corrected chi connectivity index (χ1v) is 13.3. The number of alkyl halides is 6. The normalized spacial score (nSPS) is 16.8. The standard InChI is InChI=1S/C28H26F6N2O3S/c1-17(25(37)36-12-3-2-4-13-36)21-8-9-22(24(28(32,33)34)23(21)27(29,30)31)40-20-7-5-6-19(16-20)35-14-10-18(11-15-35)26(38)39/h2-3,5-9,16,18H,1,4,10-15H2,(H,38,39). The summed E-state index contributed by atoms with van der Waals surface area (Å²) in [6, 6.07) is 8.18. The lowest BCUT2D eigenvalue weighted by atomic mass is 9.94. The predicted octanol–water partition coefficient (Wildman–Crippen LogP) is 6.98. The molecule has 0 saturated carbocycles. The first-order valence-electron chi connectivity index (χ1n) is 12.5. The highest BCUT2D eigenvalue weighted by atomic mass is 32.2. The van der Waals surface area contributed by atoms with Crippen molar-refractivity contribution in [3.05, 3.63) is 71.8 Å². The second kappa shape index (κ2) is 11.6. The van der Waals surface area contributed by atoms with Crippen LogP contribution in [0.3, 0.4) is 0 Å². The van der Waals surface area contributed by atoms with Crippen molar-refractivity contribution in [1.29, 1.82) is 0 Å². The number of carbonyl (C=O) groups excluding carboxylic acids is 1. The Morgan fingerprint density at radius 3 is 2.17 bits per heavy atom. The van der Waals surface area contributed by atoms with Gasteiger partial charge in [-0.15, -0.1) is 0 Å². The van der Waals surface area contributed by atoms with Crippen LogP contribution in [0.25, 0.3) is 5.57 Å². The topological polar surface area (TPSA) is 60.9 Å². The monoisotopic (exact) mass is 584 g/mol. The molecule has 1 N–H and O–H groups in total. The molecule has 0 unspecified atom stereocenters. The van der Waals surface area contributed by atoms with E-state index in [1.54, 1.807) is 30.4 Å². The Kier molecular flexibility index (Phi) is 8.57. The highest BCUT2D eigenvalue weighted by molar-refractivity contribution is 7.99. The third kappa shape index (κ3) is 6.48. The number of carboxylic acids is 1. The Labute approximate surface area is 231 Å². The number of rotatable bonds is 6. The van der Waals surface area contributed by atoms with Crippen LogP contribution in [-0.4, -0.2) is 48.1 Å². The molecule has 5 nitrogen and oxygen atoms in total. The second-order valence-corrected chi connectivity index (χ2v) is 10.7. The Hall–Kier alpha value is -3.41. The molecule has 1 amide bonds. The summed E-state index contributed by atoms with van der Waals surface area (Å²) in [7, 11) is 0. The van der Waals surface area contributed by atoms with Crippen LogP contribution in [0.15, 0.2) is 64.9 Å². The average Bonchev–Trinajstić information content (AvgIpc) is 2.91. The lowest BCUT2D eigenvalue weighted by molar-refractivity contribution is -0.163. The van der Waals surface area contributed by atoms with Crippen LogP contribution in [0.2, 0.25) is 0 Å². The highest BCUT2D eigenvalue weighted by Crippen LogP contribution is 2.49. The number of hydrogen-bond acceptors (Lipinski definition) is 4. The number of anilines is 1. The molecule has 0 radical (unpaired) electrons. The lowest BCUT2D eigenvalue weighted by Crippen LogP contribution is -2.36. The van der Waals surface area contributed by atoms with Crippen LogP contribution in [0, 0.1) is 5.92 Å². The van der Waals surface area contributed by atoms with Crippen LogP contribution >= 0.6 is 11.8 Å². The number of amides is 1. The summed E-state index contributed by atoms with van der Waals surface area (Å²) in [5.74, 6) is -2.22. The highest BCUT2D eigenvalue weighted by Gasteiger charge is 2.47. The van der Waals surface area contributed by atoms with Gasteiger partial charge < -0.3 is 14.9 Å². The molecule has 1 fully saturated rings. The molecule has 2 aliphatic heterocycles. The number of hydrogen-bond donors (Lipinski definition) is 1. The molecule has 0 bridgehead atoms. The molecular formula is C28H26F6N2O3S. The van der Waals surface area contributed by atoms with E-state index in [1.807, 2.05) is 4.90 Å². The lowest BCUT2D eigenvalue weighted by Gasteiger charge is -2.32. The van der Waals surface area contributed by atoms with Gasteiger partial charge in [-0.1, -0.05) is 42.6 Å². The molecule has 4 rings (SSSR count). The number of piperidine rings is 1. The van der Waals surface area contributed by atoms with Crippen molar-refractivity contribution in [3.63, 3.8) is 0 Å². The van der Waals surface area contributed by atoms with Crippen molar-refractivity contribution in [2.24, 2.45) is 5.92 Å². The van der Waals surface area contributed by atoms with Crippen molar-refractivity contribution in [3.8, 4) is 0 Å². The van der Waals surface area contributed by atoms with Gasteiger partial charge in [0.25, 0.3) is 5.91 Å². The van der Waals surface area contributed by atoms with Gasteiger partial charge >= 0.3 is 18.3 Å². The van der Waals surface area contributed by atoms with E-state index in [1.165, 1.54) is 11.0 Å². The maximum absolute atomic E-state index is 14.3. The van der Waals surface area contributed by atoms with Gasteiger partial charge in [-0.25, -0.2) is 0 Å². The SMILES string of the molecule is C=C(C(=O)N1CC=CCC1)c1ccc(Sc2cccc(N3CCC(C(=O)O)CC3)c2)c(C(F)(F)F)c1C(F)(F)F. The van der Waals surface area contributed by atoms with E-state index in [0.717, 1.165) is 12.1 Å². The molecule has 0 spiro atoms. The molecule has 40 heavy (non-hydrogen) atoms. The summed E-state index contributed by atoms with van der Waals surface area (Å²) in [5.41, 5.74) is -4.75. The van der Waals surface area contributed by atoms with Crippen LogP contribution in [0.4, 0.5) is 32.0 Å². The van der Waals surface area contributed by atoms with Crippen molar-refractivity contribution in [2.75, 3.05) is 31.1 Å². The minimum atomic E-state index is -5.42. The van der Waals surface area contributed by atoms with Crippen LogP contribution in [-0.2, 0) is 21.9 Å². The summed E-state index contributed by atoms with van der Waals surface area (Å²) in [6.45, 7) is 4.66. The van der Waals surface area contributed by atoms with Crippen molar-refractivity contribution >= 4 is 34.9 Å². The van der Waals surface area contributed by atoms with Gasteiger partial charge in [0.05, 0.1) is 17.0 Å². The van der Waals surface area contributed by atoms with E-state index in [4.69, 9.17) is 0 Å². The Morgan fingerprint density at radius 1 is 0.925 bits per heavy atom. The maximum Gasteiger partial charge on any atom is 0.418 e. The van der Waals surface area contributed by atoms with Crippen molar-refractivity contribution < 1.29 is 41.0 Å². The van der Waals surface area contributed by atoms with Gasteiger partial charge in [0, 0.05) is 47.2 Å². The van der Waals surface area contributed by atoms with E-state index >= 15 is 0 Å². The number of benzene rings is 2. The quantitative estimate of drug-likeness (QED) is 0.226. The Balaban J connectivity index is 1.70. The fourth-order valence-corrected chi connectivity index (χ4v) is 5.92. The Bertz CT molecular complexity index is 1330. The summed E-state index contributed by atoms with van der Waals surface area (Å²) in [5, 5.41) is 9.20. The van der Waals surface area contributed by atoms with Crippen molar-refractivity contribution in [1.82, 2.24) is 4.90 Å². The molecule has 2 aliphatic rings. The van der Waals surface area contributed by atoms with E-state index in [-0.39, 0.29) is 18.0 Å². The molecule has 2 heterocycles. The molecule has 0 atom stereocenters. The van der Waals surface area contributed by atoms with Crippen LogP contribution in [0.1, 0.15) is 36.0 Å². The smallest absolute Gasteiger partial charge is 0.418 e. The zero-order valence-corrected chi connectivity index (χ0v) is 22.0. The van der Waals surface area contributed by atoms with E-state index in [2.05, 4.69) is 6.58 Å². The molecule has 0 aliphatic carbocycles. The van der Waals surface area contributed by atoms with Crippen molar-refractivity contribution in [2.45, 2.75) is 41.4 Å².